The van der Waals surface area contributed by atoms with Crippen LogP contribution in [0.3, 0.4) is 0 Å². The van der Waals surface area contributed by atoms with E-state index in [1.807, 2.05) is 12.5 Å². The molecule has 1 N–H and O–H groups in total. The third-order valence-electron chi connectivity index (χ3n) is 5.34. The molecule has 134 valence electrons. The van der Waals surface area contributed by atoms with Gasteiger partial charge in [-0.1, -0.05) is 6.92 Å². The number of aromatic nitrogens is 2. The van der Waals surface area contributed by atoms with Crippen LogP contribution in [0.25, 0.3) is 0 Å². The summed E-state index contributed by atoms with van der Waals surface area (Å²) in [6.45, 7) is 12.0. The molecule has 0 radical (unpaired) electrons. The maximum atomic E-state index is 4.91. The second kappa shape index (κ2) is 8.51. The van der Waals surface area contributed by atoms with Crippen LogP contribution in [-0.2, 0) is 0 Å². The van der Waals surface area contributed by atoms with Crippen LogP contribution in [0.15, 0.2) is 23.7 Å². The van der Waals surface area contributed by atoms with Crippen molar-refractivity contribution < 1.29 is 0 Å². The first-order valence-electron chi connectivity index (χ1n) is 9.51. The number of hydrogen-bond acceptors (Lipinski definition) is 3. The lowest BCUT2D eigenvalue weighted by Crippen LogP contribution is -2.49. The number of piperidine rings is 1. The average molecular weight is 332 g/mol. The standard InChI is InChI=1S/C18H32N6/c1-3-20-18(21-8-12-22-9-4-5-10-22)23-11-6-16(2)17(14-23)24-13-7-19-15-24/h7,13,15-17H,3-6,8-12,14H2,1-2H3,(H,20,21). The Morgan fingerprint density at radius 1 is 1.29 bits per heavy atom. The normalized spacial score (nSPS) is 26.1. The highest BCUT2D eigenvalue weighted by Crippen LogP contribution is 2.27. The van der Waals surface area contributed by atoms with E-state index in [0.717, 1.165) is 38.7 Å². The fourth-order valence-corrected chi connectivity index (χ4v) is 3.82. The van der Waals surface area contributed by atoms with E-state index in [4.69, 9.17) is 4.99 Å². The van der Waals surface area contributed by atoms with E-state index >= 15 is 0 Å². The quantitative estimate of drug-likeness (QED) is 0.660. The van der Waals surface area contributed by atoms with Crippen LogP contribution >= 0.6 is 0 Å². The summed E-state index contributed by atoms with van der Waals surface area (Å²) in [6.07, 6.45) is 9.80. The molecule has 0 aromatic carbocycles. The van der Waals surface area contributed by atoms with E-state index in [1.54, 1.807) is 0 Å². The fraction of sp³-hybridized carbons (Fsp3) is 0.778. The van der Waals surface area contributed by atoms with Crippen molar-refractivity contribution >= 4 is 5.96 Å². The molecule has 0 amide bonds. The van der Waals surface area contributed by atoms with E-state index < -0.39 is 0 Å². The first kappa shape index (κ1) is 17.3. The predicted octanol–water partition coefficient (Wildman–Crippen LogP) is 1.83. The molecule has 2 atom stereocenters. The van der Waals surface area contributed by atoms with Crippen molar-refractivity contribution in [1.82, 2.24) is 24.7 Å². The number of aliphatic imine (C=N–C) groups is 1. The van der Waals surface area contributed by atoms with Gasteiger partial charge in [0.05, 0.1) is 18.9 Å². The number of nitrogens with zero attached hydrogens (tertiary/aromatic N) is 5. The summed E-state index contributed by atoms with van der Waals surface area (Å²) in [7, 11) is 0. The van der Waals surface area contributed by atoms with Gasteiger partial charge >= 0.3 is 0 Å². The maximum absolute atomic E-state index is 4.91. The molecular formula is C18H32N6. The molecule has 6 heteroatoms. The van der Waals surface area contributed by atoms with E-state index in [9.17, 15) is 0 Å². The zero-order valence-electron chi connectivity index (χ0n) is 15.2. The highest BCUT2D eigenvalue weighted by molar-refractivity contribution is 5.80. The molecule has 2 fully saturated rings. The Morgan fingerprint density at radius 2 is 2.12 bits per heavy atom. The van der Waals surface area contributed by atoms with E-state index in [1.165, 1.54) is 32.4 Å². The molecule has 3 heterocycles. The molecule has 6 nitrogen and oxygen atoms in total. The molecule has 1 aromatic rings. The van der Waals surface area contributed by atoms with Crippen LogP contribution in [0.2, 0.25) is 0 Å². The second-order valence-corrected chi connectivity index (χ2v) is 7.07. The molecule has 1 aromatic heterocycles. The SMILES string of the molecule is CCNC(=NCCN1CCCC1)N1CCC(C)C(n2ccnc2)C1. The van der Waals surface area contributed by atoms with Crippen LogP contribution in [0.4, 0.5) is 0 Å². The smallest absolute Gasteiger partial charge is 0.194 e. The summed E-state index contributed by atoms with van der Waals surface area (Å²) in [5.74, 6) is 1.75. The number of rotatable bonds is 5. The summed E-state index contributed by atoms with van der Waals surface area (Å²) >= 11 is 0. The van der Waals surface area contributed by atoms with Gasteiger partial charge in [0, 0.05) is 38.6 Å². The maximum Gasteiger partial charge on any atom is 0.194 e. The predicted molar refractivity (Wildman–Crippen MR) is 98.3 cm³/mol. The van der Waals surface area contributed by atoms with Crippen molar-refractivity contribution in [1.29, 1.82) is 0 Å². The van der Waals surface area contributed by atoms with Gasteiger partial charge in [-0.25, -0.2) is 4.98 Å². The van der Waals surface area contributed by atoms with Crippen molar-refractivity contribution in [3.05, 3.63) is 18.7 Å². The van der Waals surface area contributed by atoms with Crippen LogP contribution in [0.1, 0.15) is 39.2 Å². The zero-order valence-corrected chi connectivity index (χ0v) is 15.2. The molecule has 2 saturated heterocycles. The Kier molecular flexibility index (Phi) is 6.12. The van der Waals surface area contributed by atoms with Crippen LogP contribution < -0.4 is 5.32 Å². The van der Waals surface area contributed by atoms with Gasteiger partial charge in [-0.15, -0.1) is 0 Å². The van der Waals surface area contributed by atoms with Gasteiger partial charge < -0.3 is 19.7 Å². The van der Waals surface area contributed by atoms with Gasteiger partial charge in [-0.2, -0.15) is 0 Å². The minimum Gasteiger partial charge on any atom is -0.357 e. The van der Waals surface area contributed by atoms with Crippen LogP contribution in [0, 0.1) is 5.92 Å². The van der Waals surface area contributed by atoms with Crippen molar-refractivity contribution in [2.24, 2.45) is 10.9 Å². The van der Waals surface area contributed by atoms with Crippen molar-refractivity contribution in [3.63, 3.8) is 0 Å². The minimum absolute atomic E-state index is 0.476. The Morgan fingerprint density at radius 3 is 2.83 bits per heavy atom. The summed E-state index contributed by atoms with van der Waals surface area (Å²) in [5.41, 5.74) is 0. The van der Waals surface area contributed by atoms with Crippen LogP contribution in [0.5, 0.6) is 0 Å². The molecule has 2 aliphatic heterocycles. The minimum atomic E-state index is 0.476. The van der Waals surface area contributed by atoms with Crippen molar-refractivity contribution in [2.45, 2.75) is 39.2 Å². The van der Waals surface area contributed by atoms with Gasteiger partial charge in [-0.05, 0) is 45.2 Å². The van der Waals surface area contributed by atoms with E-state index in [0.29, 0.717) is 12.0 Å². The van der Waals surface area contributed by atoms with Gasteiger partial charge in [0.25, 0.3) is 0 Å². The molecule has 2 aliphatic rings. The highest BCUT2D eigenvalue weighted by atomic mass is 15.3. The Balaban J connectivity index is 1.61. The average Bonchev–Trinajstić information content (AvgIpc) is 3.28. The van der Waals surface area contributed by atoms with E-state index in [2.05, 4.69) is 44.7 Å². The summed E-state index contributed by atoms with van der Waals surface area (Å²) in [6, 6.07) is 0.476. The lowest BCUT2D eigenvalue weighted by atomic mass is 9.93. The number of hydrogen-bond donors (Lipinski definition) is 1. The van der Waals surface area contributed by atoms with Crippen molar-refractivity contribution in [3.8, 4) is 0 Å². The van der Waals surface area contributed by atoms with Crippen molar-refractivity contribution in [2.75, 3.05) is 45.8 Å². The number of nitrogens with one attached hydrogen (secondary N) is 1. The Bertz CT molecular complexity index is 506. The molecule has 0 bridgehead atoms. The fourth-order valence-electron chi connectivity index (χ4n) is 3.82. The molecule has 0 saturated carbocycles. The molecule has 3 rings (SSSR count). The monoisotopic (exact) mass is 332 g/mol. The van der Waals surface area contributed by atoms with Gasteiger partial charge in [0.2, 0.25) is 0 Å². The molecule has 0 spiro atoms. The molecule has 24 heavy (non-hydrogen) atoms. The largest absolute Gasteiger partial charge is 0.357 e. The number of imidazole rings is 1. The highest BCUT2D eigenvalue weighted by Gasteiger charge is 2.28. The lowest BCUT2D eigenvalue weighted by molar-refractivity contribution is 0.189. The Labute approximate surface area is 145 Å². The number of guanidine groups is 1. The molecular weight excluding hydrogens is 300 g/mol. The lowest BCUT2D eigenvalue weighted by Gasteiger charge is -2.39. The first-order valence-corrected chi connectivity index (χ1v) is 9.51. The molecule has 0 aliphatic carbocycles. The third kappa shape index (κ3) is 4.29. The summed E-state index contributed by atoms with van der Waals surface area (Å²) in [4.78, 5) is 14.1. The van der Waals surface area contributed by atoms with Crippen LogP contribution in [-0.4, -0.2) is 71.1 Å². The molecule has 2 unspecified atom stereocenters. The van der Waals surface area contributed by atoms with E-state index in [-0.39, 0.29) is 0 Å². The van der Waals surface area contributed by atoms with Gasteiger partial charge in [0.1, 0.15) is 0 Å². The van der Waals surface area contributed by atoms with Gasteiger partial charge in [-0.3, -0.25) is 4.99 Å². The first-order chi connectivity index (χ1) is 11.8. The number of likely N-dealkylation sites (tertiary alicyclic amines) is 2. The second-order valence-electron chi connectivity index (χ2n) is 7.07. The zero-order chi connectivity index (χ0) is 16.8. The summed E-state index contributed by atoms with van der Waals surface area (Å²) < 4.78 is 2.25. The Hall–Kier alpha value is -1.56. The van der Waals surface area contributed by atoms with Gasteiger partial charge in [0.15, 0.2) is 5.96 Å². The summed E-state index contributed by atoms with van der Waals surface area (Å²) in [5, 5.41) is 3.49. The topological polar surface area (TPSA) is 48.7 Å². The third-order valence-corrected chi connectivity index (χ3v) is 5.34.